The first-order valence-electron chi connectivity index (χ1n) is 6.91. The molecule has 0 radical (unpaired) electrons. The summed E-state index contributed by atoms with van der Waals surface area (Å²) >= 11 is 6.29. The van der Waals surface area contributed by atoms with Gasteiger partial charge in [-0.3, -0.25) is 9.67 Å². The zero-order valence-electron chi connectivity index (χ0n) is 12.0. The first-order chi connectivity index (χ1) is 10.1. The lowest BCUT2D eigenvalue weighted by Crippen LogP contribution is -2.20. The summed E-state index contributed by atoms with van der Waals surface area (Å²) in [6.45, 7) is 4.10. The first kappa shape index (κ1) is 14.0. The fourth-order valence-electron chi connectivity index (χ4n) is 2.57. The van der Waals surface area contributed by atoms with Crippen LogP contribution in [0.5, 0.6) is 0 Å². The first-order valence-corrected chi connectivity index (χ1v) is 7.29. The molecule has 5 heteroatoms. The smallest absolute Gasteiger partial charge is 0.0918 e. The van der Waals surface area contributed by atoms with Gasteiger partial charge in [-0.05, 0) is 25.3 Å². The maximum absolute atomic E-state index is 6.46. The summed E-state index contributed by atoms with van der Waals surface area (Å²) in [7, 11) is 0. The molecule has 2 heterocycles. The highest BCUT2D eigenvalue weighted by Gasteiger charge is 2.22. The van der Waals surface area contributed by atoms with Crippen LogP contribution in [0, 0.1) is 0 Å². The van der Waals surface area contributed by atoms with Crippen LogP contribution in [0.2, 0.25) is 5.02 Å². The molecule has 1 aromatic carbocycles. The number of aromatic nitrogens is 3. The van der Waals surface area contributed by atoms with E-state index in [1.165, 1.54) is 0 Å². The molecule has 0 saturated carbocycles. The highest BCUT2D eigenvalue weighted by molar-refractivity contribution is 6.31. The van der Waals surface area contributed by atoms with Crippen molar-refractivity contribution in [2.24, 2.45) is 5.73 Å². The Kier molecular flexibility index (Phi) is 3.66. The fourth-order valence-corrected chi connectivity index (χ4v) is 2.82. The summed E-state index contributed by atoms with van der Waals surface area (Å²) in [5.41, 5.74) is 8.08. The Bertz CT molecular complexity index is 774. The molecule has 1 unspecified atom stereocenters. The molecule has 0 spiro atoms. The van der Waals surface area contributed by atoms with Crippen LogP contribution in [0.15, 0.2) is 42.7 Å². The van der Waals surface area contributed by atoms with Crippen LogP contribution in [-0.2, 0) is 0 Å². The third-order valence-corrected chi connectivity index (χ3v) is 3.86. The van der Waals surface area contributed by atoms with Gasteiger partial charge in [-0.1, -0.05) is 35.9 Å². The molecule has 4 nitrogen and oxygen atoms in total. The molecule has 3 aromatic rings. The zero-order valence-corrected chi connectivity index (χ0v) is 12.7. The van der Waals surface area contributed by atoms with Gasteiger partial charge < -0.3 is 5.73 Å². The number of benzene rings is 1. The molecule has 21 heavy (non-hydrogen) atoms. The van der Waals surface area contributed by atoms with Gasteiger partial charge in [0.2, 0.25) is 0 Å². The largest absolute Gasteiger partial charge is 0.318 e. The van der Waals surface area contributed by atoms with Crippen molar-refractivity contribution < 1.29 is 0 Å². The van der Waals surface area contributed by atoms with Gasteiger partial charge in [0.05, 0.1) is 28.6 Å². The van der Waals surface area contributed by atoms with Gasteiger partial charge in [0, 0.05) is 17.6 Å². The van der Waals surface area contributed by atoms with Gasteiger partial charge in [0.1, 0.15) is 0 Å². The number of halogens is 1. The van der Waals surface area contributed by atoms with Crippen LogP contribution >= 0.6 is 11.6 Å². The van der Waals surface area contributed by atoms with Crippen LogP contribution in [0.3, 0.4) is 0 Å². The predicted octanol–water partition coefficient (Wildman–Crippen LogP) is 3.71. The molecule has 0 aliphatic rings. The van der Waals surface area contributed by atoms with Gasteiger partial charge in [0.25, 0.3) is 0 Å². The average molecular weight is 301 g/mol. The Morgan fingerprint density at radius 1 is 1.19 bits per heavy atom. The Morgan fingerprint density at radius 2 is 1.95 bits per heavy atom. The van der Waals surface area contributed by atoms with E-state index >= 15 is 0 Å². The molecule has 1 atom stereocenters. The Morgan fingerprint density at radius 3 is 2.71 bits per heavy atom. The van der Waals surface area contributed by atoms with Crippen molar-refractivity contribution in [2.75, 3.05) is 0 Å². The number of pyridine rings is 1. The summed E-state index contributed by atoms with van der Waals surface area (Å²) in [6.07, 6.45) is 3.42. The summed E-state index contributed by atoms with van der Waals surface area (Å²) in [4.78, 5) is 4.48. The summed E-state index contributed by atoms with van der Waals surface area (Å²) < 4.78 is 1.86. The Hall–Kier alpha value is -1.91. The second-order valence-electron chi connectivity index (χ2n) is 5.31. The Balaban J connectivity index is 2.17. The molecule has 2 aromatic heterocycles. The van der Waals surface area contributed by atoms with E-state index in [4.69, 9.17) is 17.3 Å². The van der Waals surface area contributed by atoms with Crippen molar-refractivity contribution in [3.8, 4) is 0 Å². The molecule has 108 valence electrons. The minimum Gasteiger partial charge on any atom is -0.318 e. The number of nitrogens with zero attached hydrogens (tertiary/aromatic N) is 3. The van der Waals surface area contributed by atoms with Crippen molar-refractivity contribution in [2.45, 2.75) is 25.9 Å². The lowest BCUT2D eigenvalue weighted by atomic mass is 10.0. The van der Waals surface area contributed by atoms with Gasteiger partial charge in [-0.25, -0.2) is 0 Å². The second kappa shape index (κ2) is 5.47. The molecular formula is C16H17ClN4. The minimum absolute atomic E-state index is 0.188. The van der Waals surface area contributed by atoms with Gasteiger partial charge in [0.15, 0.2) is 0 Å². The molecule has 0 aliphatic carbocycles. The normalized spacial score (nSPS) is 13.0. The third-order valence-electron chi connectivity index (χ3n) is 3.57. The van der Waals surface area contributed by atoms with Gasteiger partial charge in [-0.2, -0.15) is 5.10 Å². The van der Waals surface area contributed by atoms with Crippen molar-refractivity contribution in [1.29, 1.82) is 0 Å². The number of rotatable bonds is 3. The number of hydrogen-bond acceptors (Lipinski definition) is 3. The summed E-state index contributed by atoms with van der Waals surface area (Å²) in [6, 6.07) is 9.83. The average Bonchev–Trinajstić information content (AvgIpc) is 2.88. The topological polar surface area (TPSA) is 56.7 Å². The highest BCUT2D eigenvalue weighted by atomic mass is 35.5. The minimum atomic E-state index is -0.409. The van der Waals surface area contributed by atoms with E-state index in [0.717, 1.165) is 22.2 Å². The van der Waals surface area contributed by atoms with Crippen LogP contribution in [0.1, 0.15) is 37.3 Å². The molecule has 0 amide bonds. The molecule has 3 rings (SSSR count). The molecule has 0 fully saturated rings. The molecule has 0 saturated heterocycles. The summed E-state index contributed by atoms with van der Waals surface area (Å²) in [5.74, 6) is 0. The van der Waals surface area contributed by atoms with Crippen molar-refractivity contribution in [1.82, 2.24) is 14.8 Å². The van der Waals surface area contributed by atoms with Crippen molar-refractivity contribution >= 4 is 22.4 Å². The molecule has 0 aliphatic heterocycles. The van der Waals surface area contributed by atoms with Gasteiger partial charge >= 0.3 is 0 Å². The zero-order chi connectivity index (χ0) is 15.0. The third kappa shape index (κ3) is 2.41. The fraction of sp³-hybridized carbons (Fsp3) is 0.250. The molecular weight excluding hydrogens is 284 g/mol. The van der Waals surface area contributed by atoms with Crippen LogP contribution in [-0.4, -0.2) is 14.8 Å². The van der Waals surface area contributed by atoms with Crippen molar-refractivity contribution in [3.63, 3.8) is 0 Å². The van der Waals surface area contributed by atoms with E-state index in [1.54, 1.807) is 12.4 Å². The van der Waals surface area contributed by atoms with Gasteiger partial charge in [-0.15, -0.1) is 0 Å². The van der Waals surface area contributed by atoms with Crippen molar-refractivity contribution in [3.05, 3.63) is 59.1 Å². The summed E-state index contributed by atoms with van der Waals surface area (Å²) in [5, 5.41) is 7.05. The van der Waals surface area contributed by atoms with Crippen LogP contribution < -0.4 is 5.73 Å². The van der Waals surface area contributed by atoms with E-state index in [-0.39, 0.29) is 6.04 Å². The lowest BCUT2D eigenvalue weighted by molar-refractivity contribution is 0.498. The number of nitrogens with two attached hydrogens (primary N) is 1. The van der Waals surface area contributed by atoms with E-state index in [2.05, 4.69) is 30.0 Å². The van der Waals surface area contributed by atoms with Crippen LogP contribution in [0.25, 0.3) is 10.8 Å². The standard InChI is InChI=1S/C16H17ClN4/c1-10(2)21-16(13(17)9-20-21)14(18)15-12-6-4-3-5-11(12)7-8-19-15/h3-10,14H,18H2,1-2H3. The maximum atomic E-state index is 6.46. The van der Waals surface area contributed by atoms with E-state index in [0.29, 0.717) is 5.02 Å². The molecule has 2 N–H and O–H groups in total. The van der Waals surface area contributed by atoms with E-state index in [9.17, 15) is 0 Å². The maximum Gasteiger partial charge on any atom is 0.0918 e. The number of fused-ring (bicyclic) bond motifs is 1. The lowest BCUT2D eigenvalue weighted by Gasteiger charge is -2.18. The Labute approximate surface area is 128 Å². The molecule has 0 bridgehead atoms. The monoisotopic (exact) mass is 300 g/mol. The highest BCUT2D eigenvalue weighted by Crippen LogP contribution is 2.30. The van der Waals surface area contributed by atoms with E-state index in [1.807, 2.05) is 28.9 Å². The number of hydrogen-bond donors (Lipinski definition) is 1. The predicted molar refractivity (Wildman–Crippen MR) is 85.4 cm³/mol. The van der Waals surface area contributed by atoms with E-state index < -0.39 is 6.04 Å². The van der Waals surface area contributed by atoms with Crippen LogP contribution in [0.4, 0.5) is 0 Å². The quantitative estimate of drug-likeness (QED) is 0.802. The SMILES string of the molecule is CC(C)n1ncc(Cl)c1C(N)c1nccc2ccccc12. The second-order valence-corrected chi connectivity index (χ2v) is 5.72.